The van der Waals surface area contributed by atoms with Crippen molar-refractivity contribution in [2.75, 3.05) is 11.1 Å². The molecule has 0 saturated carbocycles. The number of rotatable bonds is 2. The molecule has 1 aromatic carbocycles. The average molecular weight is 310 g/mol. The van der Waals surface area contributed by atoms with Gasteiger partial charge in [-0.1, -0.05) is 0 Å². The largest absolute Gasteiger partial charge is 0.397 e. The van der Waals surface area contributed by atoms with E-state index in [9.17, 15) is 9.18 Å². The molecule has 1 heterocycles. The Labute approximate surface area is 111 Å². The van der Waals surface area contributed by atoms with Gasteiger partial charge in [0.05, 0.1) is 16.4 Å². The molecule has 1 aromatic heterocycles. The fraction of sp³-hybridized carbons (Fsp3) is 0. The first kappa shape index (κ1) is 12.5. The van der Waals surface area contributed by atoms with Crippen LogP contribution in [0, 0.1) is 5.82 Å². The number of anilines is 2. The molecule has 2 rings (SSSR count). The SMILES string of the molecule is Nc1ccc(NC(=O)c2ccc(F)c(Br)c2)nc1. The lowest BCUT2D eigenvalue weighted by Crippen LogP contribution is -2.13. The average Bonchev–Trinajstić information content (AvgIpc) is 2.35. The maximum absolute atomic E-state index is 13.0. The Balaban J connectivity index is 2.16. The minimum absolute atomic E-state index is 0.236. The van der Waals surface area contributed by atoms with Crippen LogP contribution in [0.25, 0.3) is 0 Å². The Morgan fingerprint density at radius 2 is 2.11 bits per heavy atom. The van der Waals surface area contributed by atoms with Crippen molar-refractivity contribution >= 4 is 33.3 Å². The molecule has 0 aliphatic heterocycles. The molecule has 0 aliphatic rings. The number of aromatic nitrogens is 1. The summed E-state index contributed by atoms with van der Waals surface area (Å²) in [7, 11) is 0. The standard InChI is InChI=1S/C12H9BrFN3O/c13-9-5-7(1-3-10(9)14)12(18)17-11-4-2-8(15)6-16-11/h1-6H,15H2,(H,16,17,18). The van der Waals surface area contributed by atoms with Crippen LogP contribution in [0.4, 0.5) is 15.9 Å². The van der Waals surface area contributed by atoms with Gasteiger partial charge in [-0.05, 0) is 46.3 Å². The molecule has 0 bridgehead atoms. The van der Waals surface area contributed by atoms with Crippen LogP contribution in [-0.2, 0) is 0 Å². The second-order valence-electron chi connectivity index (χ2n) is 3.56. The zero-order chi connectivity index (χ0) is 13.1. The summed E-state index contributed by atoms with van der Waals surface area (Å²) in [5.74, 6) is -0.403. The molecule has 0 spiro atoms. The molecular weight excluding hydrogens is 301 g/mol. The summed E-state index contributed by atoms with van der Waals surface area (Å²) in [6.07, 6.45) is 1.44. The van der Waals surface area contributed by atoms with Crippen molar-refractivity contribution in [1.82, 2.24) is 4.98 Å². The van der Waals surface area contributed by atoms with Crippen molar-refractivity contribution in [2.45, 2.75) is 0 Å². The molecule has 3 N–H and O–H groups in total. The van der Waals surface area contributed by atoms with Crippen LogP contribution in [0.2, 0.25) is 0 Å². The zero-order valence-corrected chi connectivity index (χ0v) is 10.7. The Kier molecular flexibility index (Phi) is 3.57. The van der Waals surface area contributed by atoms with Crippen molar-refractivity contribution in [3.05, 3.63) is 52.4 Å². The number of halogens is 2. The van der Waals surface area contributed by atoms with Gasteiger partial charge in [-0.3, -0.25) is 4.79 Å². The van der Waals surface area contributed by atoms with Crippen molar-refractivity contribution < 1.29 is 9.18 Å². The van der Waals surface area contributed by atoms with E-state index < -0.39 is 5.82 Å². The molecule has 2 aromatic rings. The van der Waals surface area contributed by atoms with Gasteiger partial charge < -0.3 is 11.1 Å². The smallest absolute Gasteiger partial charge is 0.256 e. The number of nitrogen functional groups attached to an aromatic ring is 1. The zero-order valence-electron chi connectivity index (χ0n) is 9.15. The lowest BCUT2D eigenvalue weighted by Gasteiger charge is -2.05. The first-order chi connectivity index (χ1) is 8.56. The molecule has 1 amide bonds. The molecule has 0 atom stereocenters. The van der Waals surface area contributed by atoms with Crippen molar-refractivity contribution in [1.29, 1.82) is 0 Å². The second kappa shape index (κ2) is 5.14. The molecular formula is C12H9BrFN3O. The summed E-state index contributed by atoms with van der Waals surface area (Å²) in [6, 6.07) is 7.24. The number of amides is 1. The van der Waals surface area contributed by atoms with Gasteiger partial charge in [-0.2, -0.15) is 0 Å². The van der Waals surface area contributed by atoms with E-state index >= 15 is 0 Å². The van der Waals surface area contributed by atoms with Gasteiger partial charge in [0.1, 0.15) is 11.6 Å². The van der Waals surface area contributed by atoms with E-state index in [1.807, 2.05) is 0 Å². The number of benzene rings is 1. The predicted molar refractivity (Wildman–Crippen MR) is 70.7 cm³/mol. The maximum Gasteiger partial charge on any atom is 0.256 e. The Morgan fingerprint density at radius 1 is 1.33 bits per heavy atom. The molecule has 0 unspecified atom stereocenters. The topological polar surface area (TPSA) is 68.0 Å². The predicted octanol–water partition coefficient (Wildman–Crippen LogP) is 2.82. The highest BCUT2D eigenvalue weighted by Crippen LogP contribution is 2.17. The highest BCUT2D eigenvalue weighted by Gasteiger charge is 2.09. The molecule has 6 heteroatoms. The highest BCUT2D eigenvalue weighted by molar-refractivity contribution is 9.10. The van der Waals surface area contributed by atoms with Gasteiger partial charge >= 0.3 is 0 Å². The monoisotopic (exact) mass is 309 g/mol. The van der Waals surface area contributed by atoms with Gasteiger partial charge in [-0.15, -0.1) is 0 Å². The van der Waals surface area contributed by atoms with Crippen LogP contribution in [-0.4, -0.2) is 10.9 Å². The highest BCUT2D eigenvalue weighted by atomic mass is 79.9. The van der Waals surface area contributed by atoms with Gasteiger partial charge in [0.25, 0.3) is 5.91 Å². The third-order valence-electron chi connectivity index (χ3n) is 2.21. The van der Waals surface area contributed by atoms with E-state index in [1.165, 1.54) is 24.4 Å². The van der Waals surface area contributed by atoms with E-state index in [2.05, 4.69) is 26.2 Å². The molecule has 92 valence electrons. The van der Waals surface area contributed by atoms with Crippen LogP contribution < -0.4 is 11.1 Å². The summed E-state index contributed by atoms with van der Waals surface area (Å²) in [6.45, 7) is 0. The molecule has 0 radical (unpaired) electrons. The number of hydrogen-bond donors (Lipinski definition) is 2. The minimum Gasteiger partial charge on any atom is -0.397 e. The summed E-state index contributed by atoms with van der Waals surface area (Å²) >= 11 is 3.02. The Bertz CT molecular complexity index is 586. The number of hydrogen-bond acceptors (Lipinski definition) is 3. The third kappa shape index (κ3) is 2.84. The van der Waals surface area contributed by atoms with Crippen LogP contribution >= 0.6 is 15.9 Å². The van der Waals surface area contributed by atoms with Crippen molar-refractivity contribution in [3.8, 4) is 0 Å². The van der Waals surface area contributed by atoms with E-state index in [0.29, 0.717) is 17.1 Å². The first-order valence-electron chi connectivity index (χ1n) is 5.04. The first-order valence-corrected chi connectivity index (χ1v) is 5.83. The van der Waals surface area contributed by atoms with E-state index in [4.69, 9.17) is 5.73 Å². The second-order valence-corrected chi connectivity index (χ2v) is 4.41. The van der Waals surface area contributed by atoms with E-state index in [0.717, 1.165) is 0 Å². The summed E-state index contributed by atoms with van der Waals surface area (Å²) < 4.78 is 13.3. The van der Waals surface area contributed by atoms with Crippen LogP contribution in [0.1, 0.15) is 10.4 Å². The number of nitrogens with two attached hydrogens (primary N) is 1. The minimum atomic E-state index is -0.419. The van der Waals surface area contributed by atoms with Gasteiger partial charge in [0.15, 0.2) is 0 Å². The Morgan fingerprint density at radius 3 is 2.72 bits per heavy atom. The summed E-state index contributed by atoms with van der Waals surface area (Å²) in [5.41, 5.74) is 6.33. The number of pyridine rings is 1. The molecule has 0 aliphatic carbocycles. The number of carbonyl (C=O) groups is 1. The molecule has 0 fully saturated rings. The molecule has 4 nitrogen and oxygen atoms in total. The summed E-state index contributed by atoms with van der Waals surface area (Å²) in [5, 5.41) is 2.58. The van der Waals surface area contributed by atoms with Crippen LogP contribution in [0.5, 0.6) is 0 Å². The number of nitrogens with zero attached hydrogens (tertiary/aromatic N) is 1. The molecule has 18 heavy (non-hydrogen) atoms. The maximum atomic E-state index is 13.0. The third-order valence-corrected chi connectivity index (χ3v) is 2.82. The lowest BCUT2D eigenvalue weighted by atomic mass is 10.2. The lowest BCUT2D eigenvalue weighted by molar-refractivity contribution is 0.102. The van der Waals surface area contributed by atoms with E-state index in [-0.39, 0.29) is 10.4 Å². The van der Waals surface area contributed by atoms with Gasteiger partial charge in [0.2, 0.25) is 0 Å². The van der Waals surface area contributed by atoms with Gasteiger partial charge in [-0.25, -0.2) is 9.37 Å². The van der Waals surface area contributed by atoms with Crippen LogP contribution in [0.15, 0.2) is 41.0 Å². The van der Waals surface area contributed by atoms with Gasteiger partial charge in [0, 0.05) is 5.56 Å². The number of nitrogens with one attached hydrogen (secondary N) is 1. The van der Waals surface area contributed by atoms with Crippen LogP contribution in [0.3, 0.4) is 0 Å². The number of carbonyl (C=O) groups excluding carboxylic acids is 1. The molecule has 0 saturated heterocycles. The summed E-state index contributed by atoms with van der Waals surface area (Å²) in [4.78, 5) is 15.8. The normalized spacial score (nSPS) is 10.1. The van der Waals surface area contributed by atoms with Crippen molar-refractivity contribution in [3.63, 3.8) is 0 Å². The van der Waals surface area contributed by atoms with E-state index in [1.54, 1.807) is 12.1 Å². The van der Waals surface area contributed by atoms with Crippen molar-refractivity contribution in [2.24, 2.45) is 0 Å². The quantitative estimate of drug-likeness (QED) is 0.896. The fourth-order valence-corrected chi connectivity index (χ4v) is 1.68. The Hall–Kier alpha value is -1.95. The fourth-order valence-electron chi connectivity index (χ4n) is 1.31.